The third-order valence-corrected chi connectivity index (χ3v) is 3.52. The SMILES string of the molecule is CC(C)NC(=S)N1c2ccc(F)cc2CCC1C. The highest BCUT2D eigenvalue weighted by Gasteiger charge is 2.26. The van der Waals surface area contributed by atoms with Gasteiger partial charge in [0.05, 0.1) is 0 Å². The number of nitrogens with one attached hydrogen (secondary N) is 1. The van der Waals surface area contributed by atoms with Gasteiger partial charge in [0.25, 0.3) is 0 Å². The highest BCUT2D eigenvalue weighted by molar-refractivity contribution is 7.80. The van der Waals surface area contributed by atoms with Crippen molar-refractivity contribution in [1.29, 1.82) is 0 Å². The minimum absolute atomic E-state index is 0.175. The van der Waals surface area contributed by atoms with Gasteiger partial charge in [-0.25, -0.2) is 4.39 Å². The molecule has 0 fully saturated rings. The third-order valence-electron chi connectivity index (χ3n) is 3.20. The van der Waals surface area contributed by atoms with Crippen molar-refractivity contribution in [2.45, 2.75) is 45.7 Å². The third kappa shape index (κ3) is 2.64. The fourth-order valence-electron chi connectivity index (χ4n) is 2.35. The van der Waals surface area contributed by atoms with E-state index < -0.39 is 0 Å². The van der Waals surface area contributed by atoms with Crippen LogP contribution in [0.1, 0.15) is 32.8 Å². The Balaban J connectivity index is 2.33. The Bertz CT molecular complexity index is 459. The van der Waals surface area contributed by atoms with Crippen molar-refractivity contribution in [2.24, 2.45) is 0 Å². The number of aryl methyl sites for hydroxylation is 1. The lowest BCUT2D eigenvalue weighted by molar-refractivity contribution is 0.597. The van der Waals surface area contributed by atoms with Gasteiger partial charge in [0.2, 0.25) is 0 Å². The van der Waals surface area contributed by atoms with E-state index in [2.05, 4.69) is 31.0 Å². The van der Waals surface area contributed by atoms with Crippen molar-refractivity contribution >= 4 is 23.0 Å². The number of halogens is 1. The molecule has 0 bridgehead atoms. The average molecular weight is 266 g/mol. The van der Waals surface area contributed by atoms with Crippen LogP contribution in [-0.4, -0.2) is 17.2 Å². The molecule has 1 aliphatic rings. The molecule has 1 N–H and O–H groups in total. The quantitative estimate of drug-likeness (QED) is 0.786. The number of thiocarbonyl (C=S) groups is 1. The van der Waals surface area contributed by atoms with Crippen LogP contribution in [0, 0.1) is 5.82 Å². The highest BCUT2D eigenvalue weighted by Crippen LogP contribution is 2.31. The number of benzene rings is 1. The van der Waals surface area contributed by atoms with Gasteiger partial charge in [-0.3, -0.25) is 0 Å². The first-order valence-electron chi connectivity index (χ1n) is 6.37. The van der Waals surface area contributed by atoms with E-state index in [0.29, 0.717) is 12.1 Å². The van der Waals surface area contributed by atoms with Crippen LogP contribution < -0.4 is 10.2 Å². The summed E-state index contributed by atoms with van der Waals surface area (Å²) in [6.07, 6.45) is 1.91. The van der Waals surface area contributed by atoms with Crippen LogP contribution in [0.3, 0.4) is 0 Å². The Morgan fingerprint density at radius 1 is 1.50 bits per heavy atom. The number of hydrogen-bond donors (Lipinski definition) is 1. The Morgan fingerprint density at radius 2 is 2.22 bits per heavy atom. The predicted octanol–water partition coefficient (Wildman–Crippen LogP) is 3.25. The smallest absolute Gasteiger partial charge is 0.173 e. The lowest BCUT2D eigenvalue weighted by Gasteiger charge is -2.37. The second kappa shape index (κ2) is 5.22. The zero-order valence-corrected chi connectivity index (χ0v) is 11.9. The second-order valence-electron chi connectivity index (χ2n) is 5.13. The Morgan fingerprint density at radius 3 is 2.89 bits per heavy atom. The van der Waals surface area contributed by atoms with Gasteiger partial charge in [-0.1, -0.05) is 0 Å². The molecular formula is C14H19FN2S. The lowest BCUT2D eigenvalue weighted by Crippen LogP contribution is -2.49. The first-order chi connectivity index (χ1) is 8.49. The molecule has 18 heavy (non-hydrogen) atoms. The molecule has 0 saturated carbocycles. The molecule has 0 aliphatic carbocycles. The van der Waals surface area contributed by atoms with Gasteiger partial charge in [-0.2, -0.15) is 0 Å². The van der Waals surface area contributed by atoms with E-state index in [1.165, 1.54) is 6.07 Å². The van der Waals surface area contributed by atoms with E-state index in [0.717, 1.165) is 29.2 Å². The maximum Gasteiger partial charge on any atom is 0.173 e. The number of fused-ring (bicyclic) bond motifs is 1. The summed E-state index contributed by atoms with van der Waals surface area (Å²) in [6.45, 7) is 6.28. The van der Waals surface area contributed by atoms with Crippen LogP contribution in [0.4, 0.5) is 10.1 Å². The van der Waals surface area contributed by atoms with Crippen LogP contribution in [0.15, 0.2) is 18.2 Å². The maximum absolute atomic E-state index is 13.3. The van der Waals surface area contributed by atoms with Crippen LogP contribution in [0.25, 0.3) is 0 Å². The van der Waals surface area contributed by atoms with Crippen molar-refractivity contribution in [3.05, 3.63) is 29.6 Å². The molecular weight excluding hydrogens is 247 g/mol. The van der Waals surface area contributed by atoms with Gasteiger partial charge >= 0.3 is 0 Å². The average Bonchev–Trinajstić information content (AvgIpc) is 2.28. The topological polar surface area (TPSA) is 15.3 Å². The summed E-state index contributed by atoms with van der Waals surface area (Å²) < 4.78 is 13.3. The summed E-state index contributed by atoms with van der Waals surface area (Å²) in [5.41, 5.74) is 2.08. The summed E-state index contributed by atoms with van der Waals surface area (Å²) in [5, 5.41) is 3.99. The van der Waals surface area contributed by atoms with E-state index in [9.17, 15) is 4.39 Å². The van der Waals surface area contributed by atoms with Gasteiger partial charge in [0, 0.05) is 17.8 Å². The minimum Gasteiger partial charge on any atom is -0.360 e. The minimum atomic E-state index is -0.175. The molecule has 1 aliphatic heterocycles. The number of nitrogens with zero attached hydrogens (tertiary/aromatic N) is 1. The molecule has 0 spiro atoms. The Labute approximate surface area is 113 Å². The fourth-order valence-corrected chi connectivity index (χ4v) is 2.86. The van der Waals surface area contributed by atoms with E-state index >= 15 is 0 Å². The van der Waals surface area contributed by atoms with Gasteiger partial charge in [0.1, 0.15) is 5.82 Å². The molecule has 1 aromatic rings. The molecule has 2 nitrogen and oxygen atoms in total. The number of anilines is 1. The van der Waals surface area contributed by atoms with Gasteiger partial charge in [-0.05, 0) is 69.6 Å². The molecule has 0 amide bonds. The van der Waals surface area contributed by atoms with Crippen molar-refractivity contribution in [1.82, 2.24) is 5.32 Å². The van der Waals surface area contributed by atoms with Crippen molar-refractivity contribution in [3.8, 4) is 0 Å². The highest BCUT2D eigenvalue weighted by atomic mass is 32.1. The standard InChI is InChI=1S/C14H19FN2S/c1-9(2)16-14(18)17-10(3)4-5-11-8-12(15)6-7-13(11)17/h6-10H,4-5H2,1-3H3,(H,16,18). The summed E-state index contributed by atoms with van der Waals surface area (Å²) in [4.78, 5) is 2.10. The lowest BCUT2D eigenvalue weighted by atomic mass is 9.97. The van der Waals surface area contributed by atoms with Crippen LogP contribution >= 0.6 is 12.2 Å². The van der Waals surface area contributed by atoms with Gasteiger partial charge in [-0.15, -0.1) is 0 Å². The predicted molar refractivity (Wildman–Crippen MR) is 77.5 cm³/mol. The number of rotatable bonds is 1. The molecule has 98 valence electrons. The van der Waals surface area contributed by atoms with Gasteiger partial charge in [0.15, 0.2) is 5.11 Å². The largest absolute Gasteiger partial charge is 0.360 e. The van der Waals surface area contributed by atoms with Gasteiger partial charge < -0.3 is 10.2 Å². The first kappa shape index (κ1) is 13.3. The molecule has 0 saturated heterocycles. The van der Waals surface area contributed by atoms with Crippen molar-refractivity contribution < 1.29 is 4.39 Å². The van der Waals surface area contributed by atoms with Crippen LogP contribution in [0.2, 0.25) is 0 Å². The molecule has 1 heterocycles. The van der Waals surface area contributed by atoms with E-state index in [1.54, 1.807) is 6.07 Å². The molecule has 2 rings (SSSR count). The maximum atomic E-state index is 13.3. The summed E-state index contributed by atoms with van der Waals surface area (Å²) in [6, 6.07) is 5.60. The molecule has 1 unspecified atom stereocenters. The monoisotopic (exact) mass is 266 g/mol. The fraction of sp³-hybridized carbons (Fsp3) is 0.500. The van der Waals surface area contributed by atoms with Crippen LogP contribution in [0.5, 0.6) is 0 Å². The Hall–Kier alpha value is -1.16. The molecule has 4 heteroatoms. The zero-order valence-electron chi connectivity index (χ0n) is 11.0. The summed E-state index contributed by atoms with van der Waals surface area (Å²) >= 11 is 5.46. The molecule has 1 atom stereocenters. The molecule has 1 aromatic carbocycles. The van der Waals surface area contributed by atoms with Crippen molar-refractivity contribution in [3.63, 3.8) is 0 Å². The Kier molecular flexibility index (Phi) is 3.85. The van der Waals surface area contributed by atoms with E-state index in [1.807, 2.05) is 6.07 Å². The number of hydrogen-bond acceptors (Lipinski definition) is 1. The zero-order chi connectivity index (χ0) is 13.3. The van der Waals surface area contributed by atoms with Crippen LogP contribution in [-0.2, 0) is 6.42 Å². The van der Waals surface area contributed by atoms with E-state index in [-0.39, 0.29) is 5.82 Å². The second-order valence-corrected chi connectivity index (χ2v) is 5.52. The summed E-state index contributed by atoms with van der Waals surface area (Å²) in [5.74, 6) is -0.175. The van der Waals surface area contributed by atoms with Crippen molar-refractivity contribution in [2.75, 3.05) is 4.90 Å². The molecule has 0 radical (unpaired) electrons. The normalized spacial score (nSPS) is 18.7. The van der Waals surface area contributed by atoms with E-state index in [4.69, 9.17) is 12.2 Å². The summed E-state index contributed by atoms with van der Waals surface area (Å²) in [7, 11) is 0. The first-order valence-corrected chi connectivity index (χ1v) is 6.78. The molecule has 0 aromatic heterocycles.